The molecule has 0 unspecified atom stereocenters. The van der Waals surface area contributed by atoms with Gasteiger partial charge >= 0.3 is 6.03 Å². The van der Waals surface area contributed by atoms with E-state index in [1.807, 2.05) is 24.0 Å². The van der Waals surface area contributed by atoms with Crippen molar-refractivity contribution >= 4 is 35.1 Å². The summed E-state index contributed by atoms with van der Waals surface area (Å²) in [5.74, 6) is -0.278. The number of urea groups is 1. The predicted octanol–water partition coefficient (Wildman–Crippen LogP) is 2.35. The SMILES string of the molecule is CCCNC(=O)NC(=O)CN1CCN(Cc2cccc(Cl)c2Cl)CC1. The number of carbonyl (C=O) groups excluding carboxylic acids is 2. The average molecular weight is 387 g/mol. The molecule has 0 radical (unpaired) electrons. The molecule has 1 aromatic rings. The summed E-state index contributed by atoms with van der Waals surface area (Å²) in [6.45, 7) is 6.67. The number of hydrogen-bond acceptors (Lipinski definition) is 4. The van der Waals surface area contributed by atoms with Gasteiger partial charge in [-0.2, -0.15) is 0 Å². The van der Waals surface area contributed by atoms with Gasteiger partial charge in [-0.3, -0.25) is 19.9 Å². The Kier molecular flexibility index (Phi) is 7.96. The molecule has 1 aliphatic rings. The van der Waals surface area contributed by atoms with Crippen LogP contribution in [0.4, 0.5) is 4.79 Å². The van der Waals surface area contributed by atoms with Crippen LogP contribution >= 0.6 is 23.2 Å². The number of halogens is 2. The highest BCUT2D eigenvalue weighted by atomic mass is 35.5. The molecule has 25 heavy (non-hydrogen) atoms. The lowest BCUT2D eigenvalue weighted by molar-refractivity contribution is -0.121. The van der Waals surface area contributed by atoms with Crippen LogP contribution in [-0.2, 0) is 11.3 Å². The van der Waals surface area contributed by atoms with Gasteiger partial charge in [0.2, 0.25) is 5.91 Å². The molecule has 0 bridgehead atoms. The summed E-state index contributed by atoms with van der Waals surface area (Å²) >= 11 is 12.3. The van der Waals surface area contributed by atoms with Crippen LogP contribution < -0.4 is 10.6 Å². The Morgan fingerprint density at radius 1 is 1.12 bits per heavy atom. The second-order valence-electron chi connectivity index (χ2n) is 6.07. The maximum Gasteiger partial charge on any atom is 0.321 e. The second-order valence-corrected chi connectivity index (χ2v) is 6.85. The van der Waals surface area contributed by atoms with Gasteiger partial charge in [0.15, 0.2) is 0 Å². The zero-order chi connectivity index (χ0) is 18.2. The van der Waals surface area contributed by atoms with Crippen LogP contribution in [0.5, 0.6) is 0 Å². The van der Waals surface area contributed by atoms with Gasteiger partial charge in [-0.15, -0.1) is 0 Å². The molecule has 0 aliphatic carbocycles. The molecular weight excluding hydrogens is 363 g/mol. The van der Waals surface area contributed by atoms with Gasteiger partial charge in [0.05, 0.1) is 16.6 Å². The molecule has 1 aliphatic heterocycles. The van der Waals surface area contributed by atoms with Crippen LogP contribution in [0.15, 0.2) is 18.2 Å². The van der Waals surface area contributed by atoms with Crippen LogP contribution in [0, 0.1) is 0 Å². The van der Waals surface area contributed by atoms with Crippen LogP contribution in [0.2, 0.25) is 10.0 Å². The van der Waals surface area contributed by atoms with Crippen LogP contribution in [-0.4, -0.2) is 61.0 Å². The van der Waals surface area contributed by atoms with E-state index in [0.29, 0.717) is 16.6 Å². The van der Waals surface area contributed by atoms with Gasteiger partial charge < -0.3 is 5.32 Å². The smallest absolute Gasteiger partial charge is 0.321 e. The maximum absolute atomic E-state index is 11.9. The predicted molar refractivity (Wildman–Crippen MR) is 100 cm³/mol. The van der Waals surface area contributed by atoms with E-state index in [4.69, 9.17) is 23.2 Å². The molecule has 8 heteroatoms. The van der Waals surface area contributed by atoms with E-state index in [1.165, 1.54) is 0 Å². The van der Waals surface area contributed by atoms with Gasteiger partial charge in [0.25, 0.3) is 0 Å². The number of benzene rings is 1. The largest absolute Gasteiger partial charge is 0.338 e. The van der Waals surface area contributed by atoms with Crippen LogP contribution in [0.25, 0.3) is 0 Å². The highest BCUT2D eigenvalue weighted by Gasteiger charge is 2.20. The first-order chi connectivity index (χ1) is 12.0. The number of imide groups is 1. The Balaban J connectivity index is 1.73. The molecule has 1 fully saturated rings. The lowest BCUT2D eigenvalue weighted by Crippen LogP contribution is -2.50. The maximum atomic E-state index is 11.9. The number of hydrogen-bond donors (Lipinski definition) is 2. The van der Waals surface area contributed by atoms with E-state index in [1.54, 1.807) is 6.07 Å². The van der Waals surface area contributed by atoms with E-state index < -0.39 is 6.03 Å². The van der Waals surface area contributed by atoms with Crippen molar-refractivity contribution in [3.63, 3.8) is 0 Å². The van der Waals surface area contributed by atoms with Gasteiger partial charge in [-0.1, -0.05) is 42.3 Å². The van der Waals surface area contributed by atoms with Crippen LogP contribution in [0.1, 0.15) is 18.9 Å². The molecule has 6 nitrogen and oxygen atoms in total. The topological polar surface area (TPSA) is 64.7 Å². The highest BCUT2D eigenvalue weighted by molar-refractivity contribution is 6.42. The van der Waals surface area contributed by atoms with Crippen molar-refractivity contribution in [3.05, 3.63) is 33.8 Å². The molecule has 2 N–H and O–H groups in total. The lowest BCUT2D eigenvalue weighted by atomic mass is 10.2. The Morgan fingerprint density at radius 2 is 1.80 bits per heavy atom. The third kappa shape index (κ3) is 6.47. The molecule has 1 aromatic carbocycles. The number of rotatable bonds is 6. The minimum Gasteiger partial charge on any atom is -0.338 e. The Morgan fingerprint density at radius 3 is 2.48 bits per heavy atom. The summed E-state index contributed by atoms with van der Waals surface area (Å²) in [5, 5.41) is 6.14. The summed E-state index contributed by atoms with van der Waals surface area (Å²) in [6.07, 6.45) is 0.834. The van der Waals surface area contributed by atoms with Crippen molar-refractivity contribution in [2.24, 2.45) is 0 Å². The molecule has 3 amide bonds. The number of carbonyl (C=O) groups is 2. The third-order valence-corrected chi connectivity index (χ3v) is 4.90. The minimum absolute atomic E-state index is 0.227. The summed E-state index contributed by atoms with van der Waals surface area (Å²) in [5.41, 5.74) is 1.01. The van der Waals surface area contributed by atoms with E-state index in [0.717, 1.165) is 44.7 Å². The first kappa shape index (κ1) is 20.0. The first-order valence-corrected chi connectivity index (χ1v) is 9.20. The number of amides is 3. The minimum atomic E-state index is -0.430. The van der Waals surface area contributed by atoms with Crippen molar-refractivity contribution in [3.8, 4) is 0 Å². The summed E-state index contributed by atoms with van der Waals surface area (Å²) < 4.78 is 0. The zero-order valence-corrected chi connectivity index (χ0v) is 15.9. The normalized spacial score (nSPS) is 15.8. The summed E-state index contributed by atoms with van der Waals surface area (Å²) in [7, 11) is 0. The number of nitrogens with one attached hydrogen (secondary N) is 2. The van der Waals surface area contributed by atoms with Crippen molar-refractivity contribution in [2.75, 3.05) is 39.3 Å². The quantitative estimate of drug-likeness (QED) is 0.787. The Bertz CT molecular complexity index is 604. The molecule has 0 saturated carbocycles. The van der Waals surface area contributed by atoms with E-state index in [9.17, 15) is 9.59 Å². The van der Waals surface area contributed by atoms with Crippen LogP contribution in [0.3, 0.4) is 0 Å². The molecular formula is C17H24Cl2N4O2. The summed E-state index contributed by atoms with van der Waals surface area (Å²) in [6, 6.07) is 5.22. The van der Waals surface area contributed by atoms with Gasteiger partial charge in [0, 0.05) is 39.3 Å². The van der Waals surface area contributed by atoms with Gasteiger partial charge in [-0.05, 0) is 18.1 Å². The number of piperazine rings is 1. The highest BCUT2D eigenvalue weighted by Crippen LogP contribution is 2.26. The van der Waals surface area contributed by atoms with Crippen molar-refractivity contribution in [1.82, 2.24) is 20.4 Å². The zero-order valence-electron chi connectivity index (χ0n) is 14.4. The van der Waals surface area contributed by atoms with E-state index in [-0.39, 0.29) is 12.5 Å². The third-order valence-electron chi connectivity index (χ3n) is 4.05. The second kappa shape index (κ2) is 9.97. The van der Waals surface area contributed by atoms with Crippen molar-refractivity contribution in [1.29, 1.82) is 0 Å². The molecule has 1 saturated heterocycles. The van der Waals surface area contributed by atoms with Crippen molar-refractivity contribution in [2.45, 2.75) is 19.9 Å². The molecule has 0 spiro atoms. The molecule has 2 rings (SSSR count). The fourth-order valence-electron chi connectivity index (χ4n) is 2.67. The van der Waals surface area contributed by atoms with Gasteiger partial charge in [-0.25, -0.2) is 4.79 Å². The monoisotopic (exact) mass is 386 g/mol. The van der Waals surface area contributed by atoms with E-state index in [2.05, 4.69) is 15.5 Å². The molecule has 0 atom stereocenters. The first-order valence-electron chi connectivity index (χ1n) is 8.45. The summed E-state index contributed by atoms with van der Waals surface area (Å²) in [4.78, 5) is 27.7. The van der Waals surface area contributed by atoms with Gasteiger partial charge in [0.1, 0.15) is 0 Å². The van der Waals surface area contributed by atoms with Crippen molar-refractivity contribution < 1.29 is 9.59 Å². The van der Waals surface area contributed by atoms with E-state index >= 15 is 0 Å². The standard InChI is InChI=1S/C17H24Cl2N4O2/c1-2-6-20-17(25)21-15(24)12-23-9-7-22(8-10-23)11-13-4-3-5-14(18)16(13)19/h3-5H,2,6-12H2,1H3,(H2,20,21,24,25). The molecule has 1 heterocycles. The fraction of sp³-hybridized carbons (Fsp3) is 0.529. The number of nitrogens with zero attached hydrogens (tertiary/aromatic N) is 2. The lowest BCUT2D eigenvalue weighted by Gasteiger charge is -2.34. The molecule has 138 valence electrons. The molecule has 0 aromatic heterocycles. The Labute approximate surface area is 158 Å². The average Bonchev–Trinajstić information content (AvgIpc) is 2.58. The Hall–Kier alpha value is -1.34. The fourth-order valence-corrected chi connectivity index (χ4v) is 3.05.